The van der Waals surface area contributed by atoms with Gasteiger partial charge in [0.1, 0.15) is 0 Å². The first-order valence-electron chi connectivity index (χ1n) is 5.53. The van der Waals surface area contributed by atoms with Gasteiger partial charge in [0.15, 0.2) is 0 Å². The van der Waals surface area contributed by atoms with Gasteiger partial charge in [-0.2, -0.15) is 0 Å². The van der Waals surface area contributed by atoms with Gasteiger partial charge < -0.3 is 15.7 Å². The molecule has 90 valence electrons. The number of hydrogen-bond donors (Lipinski definition) is 3. The molecule has 4 heteroatoms. The maximum atomic E-state index is 11.8. The van der Waals surface area contributed by atoms with Crippen LogP contribution in [0.15, 0.2) is 0 Å². The third kappa shape index (κ3) is 5.74. The molecule has 0 bridgehead atoms. The summed E-state index contributed by atoms with van der Waals surface area (Å²) < 4.78 is 0. The van der Waals surface area contributed by atoms with Gasteiger partial charge in [0, 0.05) is 6.04 Å². The Morgan fingerprint density at radius 2 is 1.93 bits per heavy atom. The fraction of sp³-hybridized carbons (Fsp3) is 0.909. The number of aliphatic hydroxyl groups excluding tert-OH is 1. The van der Waals surface area contributed by atoms with Gasteiger partial charge in [-0.25, -0.2) is 0 Å². The first kappa shape index (κ1) is 14.4. The summed E-state index contributed by atoms with van der Waals surface area (Å²) >= 11 is 0. The van der Waals surface area contributed by atoms with E-state index < -0.39 is 5.54 Å². The average molecular weight is 216 g/mol. The minimum absolute atomic E-state index is 0.00423. The predicted molar refractivity (Wildman–Crippen MR) is 61.7 cm³/mol. The number of carbonyl (C=O) groups excluding carboxylic acids is 1. The molecule has 0 aliphatic carbocycles. The Balaban J connectivity index is 4.11. The van der Waals surface area contributed by atoms with Crippen molar-refractivity contribution < 1.29 is 9.90 Å². The summed E-state index contributed by atoms with van der Waals surface area (Å²) in [5.74, 6) is -0.0301. The molecule has 4 nitrogen and oxygen atoms in total. The standard InChI is InChI=1S/C11H24N2O2/c1-6-12-11(4,5)10(15)13-8(2)7-9(3)14/h8-9,12,14H,6-7H2,1-5H3,(H,13,15). The zero-order valence-electron chi connectivity index (χ0n) is 10.4. The molecule has 3 N–H and O–H groups in total. The molecule has 0 saturated heterocycles. The van der Waals surface area contributed by atoms with Crippen molar-refractivity contribution in [3.63, 3.8) is 0 Å². The molecule has 0 heterocycles. The maximum Gasteiger partial charge on any atom is 0.239 e. The van der Waals surface area contributed by atoms with Crippen molar-refractivity contribution in [1.82, 2.24) is 10.6 Å². The van der Waals surface area contributed by atoms with Gasteiger partial charge in [-0.1, -0.05) is 6.92 Å². The van der Waals surface area contributed by atoms with Crippen LogP contribution in [0.2, 0.25) is 0 Å². The molecule has 0 aromatic carbocycles. The molecular weight excluding hydrogens is 192 g/mol. The molecule has 0 radical (unpaired) electrons. The first-order valence-corrected chi connectivity index (χ1v) is 5.53. The molecule has 1 amide bonds. The monoisotopic (exact) mass is 216 g/mol. The van der Waals surface area contributed by atoms with Gasteiger partial charge in [-0.05, 0) is 40.7 Å². The van der Waals surface area contributed by atoms with Crippen LogP contribution < -0.4 is 10.6 Å². The van der Waals surface area contributed by atoms with Crippen molar-refractivity contribution in [2.45, 2.75) is 58.7 Å². The van der Waals surface area contributed by atoms with E-state index in [9.17, 15) is 9.90 Å². The molecule has 0 aliphatic heterocycles. The van der Waals surface area contributed by atoms with E-state index in [2.05, 4.69) is 10.6 Å². The number of aliphatic hydroxyl groups is 1. The Bertz CT molecular complexity index is 203. The van der Waals surface area contributed by atoms with E-state index >= 15 is 0 Å². The van der Waals surface area contributed by atoms with E-state index in [1.165, 1.54) is 0 Å². The quantitative estimate of drug-likeness (QED) is 0.611. The highest BCUT2D eigenvalue weighted by molar-refractivity contribution is 5.85. The molecule has 0 fully saturated rings. The minimum Gasteiger partial charge on any atom is -0.393 e. The molecule has 2 atom stereocenters. The summed E-state index contributed by atoms with van der Waals surface area (Å²) in [4.78, 5) is 11.8. The summed E-state index contributed by atoms with van der Waals surface area (Å²) in [7, 11) is 0. The summed E-state index contributed by atoms with van der Waals surface area (Å²) in [6.45, 7) is 10.0. The van der Waals surface area contributed by atoms with E-state index in [1.54, 1.807) is 6.92 Å². The van der Waals surface area contributed by atoms with Crippen LogP contribution in [-0.4, -0.2) is 35.2 Å². The number of hydrogen-bond acceptors (Lipinski definition) is 3. The lowest BCUT2D eigenvalue weighted by atomic mass is 10.0. The van der Waals surface area contributed by atoms with Gasteiger partial charge in [-0.3, -0.25) is 4.79 Å². The van der Waals surface area contributed by atoms with Crippen LogP contribution in [0.5, 0.6) is 0 Å². The molecule has 2 unspecified atom stereocenters. The van der Waals surface area contributed by atoms with Crippen molar-refractivity contribution in [2.24, 2.45) is 0 Å². The van der Waals surface area contributed by atoms with Crippen LogP contribution in [0.4, 0.5) is 0 Å². The zero-order valence-corrected chi connectivity index (χ0v) is 10.4. The first-order chi connectivity index (χ1) is 6.79. The SMILES string of the molecule is CCNC(C)(C)C(=O)NC(C)CC(C)O. The lowest BCUT2D eigenvalue weighted by Gasteiger charge is -2.27. The van der Waals surface area contributed by atoms with Crippen LogP contribution in [0, 0.1) is 0 Å². The van der Waals surface area contributed by atoms with Gasteiger partial charge >= 0.3 is 0 Å². The Kier molecular flexibility index (Phi) is 5.83. The van der Waals surface area contributed by atoms with Crippen molar-refractivity contribution >= 4 is 5.91 Å². The second-order valence-corrected chi connectivity index (χ2v) is 4.61. The number of likely N-dealkylation sites (N-methyl/N-ethyl adjacent to an activating group) is 1. The lowest BCUT2D eigenvalue weighted by Crippen LogP contribution is -2.54. The van der Waals surface area contributed by atoms with Crippen LogP contribution >= 0.6 is 0 Å². The molecule has 0 aromatic heterocycles. The molecule has 0 aromatic rings. The van der Waals surface area contributed by atoms with Gasteiger partial charge in [0.25, 0.3) is 0 Å². The van der Waals surface area contributed by atoms with E-state index in [4.69, 9.17) is 0 Å². The smallest absolute Gasteiger partial charge is 0.239 e. The normalized spacial score (nSPS) is 15.9. The van der Waals surface area contributed by atoms with Crippen molar-refractivity contribution in [3.05, 3.63) is 0 Å². The predicted octanol–water partition coefficient (Wildman–Crippen LogP) is 0.650. The fourth-order valence-electron chi connectivity index (χ4n) is 1.50. The topological polar surface area (TPSA) is 61.4 Å². The lowest BCUT2D eigenvalue weighted by molar-refractivity contribution is -0.127. The average Bonchev–Trinajstić information content (AvgIpc) is 2.01. The Hall–Kier alpha value is -0.610. The highest BCUT2D eigenvalue weighted by Crippen LogP contribution is 2.04. The largest absolute Gasteiger partial charge is 0.393 e. The van der Waals surface area contributed by atoms with E-state index in [0.29, 0.717) is 6.42 Å². The van der Waals surface area contributed by atoms with E-state index in [1.807, 2.05) is 27.7 Å². The zero-order chi connectivity index (χ0) is 12.1. The van der Waals surface area contributed by atoms with E-state index in [-0.39, 0.29) is 18.1 Å². The highest BCUT2D eigenvalue weighted by Gasteiger charge is 2.27. The Morgan fingerprint density at radius 1 is 1.40 bits per heavy atom. The molecule has 0 spiro atoms. The fourth-order valence-corrected chi connectivity index (χ4v) is 1.50. The molecule has 0 saturated carbocycles. The third-order valence-electron chi connectivity index (χ3n) is 2.26. The summed E-state index contributed by atoms with van der Waals surface area (Å²) in [6, 6.07) is -0.00423. The summed E-state index contributed by atoms with van der Waals surface area (Å²) in [5, 5.41) is 15.2. The van der Waals surface area contributed by atoms with Crippen molar-refractivity contribution in [3.8, 4) is 0 Å². The number of amides is 1. The number of carbonyl (C=O) groups is 1. The van der Waals surface area contributed by atoms with Crippen LogP contribution in [-0.2, 0) is 4.79 Å². The Morgan fingerprint density at radius 3 is 2.33 bits per heavy atom. The molecular formula is C11H24N2O2. The molecule has 0 aliphatic rings. The molecule has 15 heavy (non-hydrogen) atoms. The number of rotatable bonds is 6. The Labute approximate surface area is 92.4 Å². The second kappa shape index (κ2) is 6.08. The van der Waals surface area contributed by atoms with Crippen molar-refractivity contribution in [2.75, 3.05) is 6.54 Å². The van der Waals surface area contributed by atoms with Crippen molar-refractivity contribution in [1.29, 1.82) is 0 Å². The van der Waals surface area contributed by atoms with Gasteiger partial charge in [0.2, 0.25) is 5.91 Å². The summed E-state index contributed by atoms with van der Waals surface area (Å²) in [5.41, 5.74) is -0.554. The van der Waals surface area contributed by atoms with Crippen LogP contribution in [0.1, 0.15) is 41.0 Å². The minimum atomic E-state index is -0.554. The van der Waals surface area contributed by atoms with Crippen LogP contribution in [0.3, 0.4) is 0 Å². The second-order valence-electron chi connectivity index (χ2n) is 4.61. The summed E-state index contributed by atoms with van der Waals surface area (Å²) in [6.07, 6.45) is 0.191. The molecule has 0 rings (SSSR count). The highest BCUT2D eigenvalue weighted by atomic mass is 16.3. The third-order valence-corrected chi connectivity index (χ3v) is 2.26. The maximum absolute atomic E-state index is 11.8. The van der Waals surface area contributed by atoms with Crippen LogP contribution in [0.25, 0.3) is 0 Å². The number of nitrogens with one attached hydrogen (secondary N) is 2. The van der Waals surface area contributed by atoms with E-state index in [0.717, 1.165) is 6.54 Å². The van der Waals surface area contributed by atoms with Gasteiger partial charge in [-0.15, -0.1) is 0 Å². The van der Waals surface area contributed by atoms with Gasteiger partial charge in [0.05, 0.1) is 11.6 Å².